The Bertz CT molecular complexity index is 1400. The van der Waals surface area contributed by atoms with E-state index in [1.807, 2.05) is 35.0 Å². The number of pyridine rings is 1. The van der Waals surface area contributed by atoms with Gasteiger partial charge >= 0.3 is 0 Å². The first-order chi connectivity index (χ1) is 15.9. The number of halogens is 3. The molecule has 1 aliphatic carbocycles. The van der Waals surface area contributed by atoms with Crippen LogP contribution < -0.4 is 4.90 Å². The maximum atomic E-state index is 11.2. The van der Waals surface area contributed by atoms with Gasteiger partial charge in [-0.25, -0.2) is 15.0 Å². The molecule has 2 N–H and O–H groups in total. The molecule has 2 fully saturated rings. The third kappa shape index (κ3) is 3.34. The SMILES string of the molecule is O[C@H]1[C@H](n2ccc3c(Cl)ncnc32)C[C@@]2(CCN(c3ccc4cc(Br)c(Cl)nc4c3)C2)[C@H]1O. The van der Waals surface area contributed by atoms with Crippen LogP contribution in [0.15, 0.2) is 47.3 Å². The molecule has 4 aromatic rings. The molecule has 6 rings (SSSR count). The highest BCUT2D eigenvalue weighted by atomic mass is 79.9. The first kappa shape index (κ1) is 21.6. The van der Waals surface area contributed by atoms with Crippen molar-refractivity contribution in [3.05, 3.63) is 57.6 Å². The van der Waals surface area contributed by atoms with Crippen molar-refractivity contribution < 1.29 is 10.2 Å². The molecule has 1 aromatic carbocycles. The Morgan fingerprint density at radius 1 is 1.09 bits per heavy atom. The lowest BCUT2D eigenvalue weighted by molar-refractivity contribution is -0.0204. The van der Waals surface area contributed by atoms with E-state index < -0.39 is 17.6 Å². The number of nitrogens with zero attached hydrogens (tertiary/aromatic N) is 5. The Labute approximate surface area is 208 Å². The standard InChI is InChI=1S/C23H20BrCl2N5O2/c24-15-7-12-1-2-13(8-16(12)29-21(15)26)30-6-4-23(10-30)9-17(18(32)19(23)33)31-5-3-14-20(25)27-11-28-22(14)31/h1-3,5,7-8,11,17-19,32-33H,4,6,9-10H2/t17-,18+,19+,23-/m1/s1. The van der Waals surface area contributed by atoms with Crippen molar-refractivity contribution >= 4 is 66.8 Å². The summed E-state index contributed by atoms with van der Waals surface area (Å²) >= 11 is 15.8. The number of rotatable bonds is 2. The van der Waals surface area contributed by atoms with Gasteiger partial charge in [-0.2, -0.15) is 0 Å². The predicted molar refractivity (Wildman–Crippen MR) is 132 cm³/mol. The Morgan fingerprint density at radius 2 is 1.94 bits per heavy atom. The minimum absolute atomic E-state index is 0.294. The lowest BCUT2D eigenvalue weighted by Gasteiger charge is -2.29. The van der Waals surface area contributed by atoms with E-state index in [0.29, 0.717) is 28.9 Å². The first-order valence-corrected chi connectivity index (χ1v) is 12.3. The Balaban J connectivity index is 1.30. The third-order valence-corrected chi connectivity index (χ3v) is 8.66. The molecule has 0 unspecified atom stereocenters. The van der Waals surface area contributed by atoms with Crippen molar-refractivity contribution in [2.24, 2.45) is 5.41 Å². The normalized spacial score (nSPS) is 27.4. The molecule has 0 radical (unpaired) electrons. The summed E-state index contributed by atoms with van der Waals surface area (Å²) in [5.41, 5.74) is 2.10. The van der Waals surface area contributed by atoms with Gasteiger partial charge in [0.05, 0.1) is 27.5 Å². The molecular weight excluding hydrogens is 529 g/mol. The van der Waals surface area contributed by atoms with E-state index in [2.05, 4.69) is 41.8 Å². The van der Waals surface area contributed by atoms with Gasteiger partial charge in [-0.1, -0.05) is 29.3 Å². The summed E-state index contributed by atoms with van der Waals surface area (Å²) in [6.07, 6.45) is 2.97. The van der Waals surface area contributed by atoms with Gasteiger partial charge in [0.15, 0.2) is 0 Å². The fraction of sp³-hybridized carbons (Fsp3) is 0.348. The van der Waals surface area contributed by atoms with E-state index in [-0.39, 0.29) is 6.04 Å². The molecule has 1 saturated heterocycles. The van der Waals surface area contributed by atoms with Crippen molar-refractivity contribution in [3.63, 3.8) is 0 Å². The quantitative estimate of drug-likeness (QED) is 0.281. The molecule has 10 heteroatoms. The van der Waals surface area contributed by atoms with Crippen LogP contribution >= 0.6 is 39.1 Å². The molecule has 1 saturated carbocycles. The van der Waals surface area contributed by atoms with Crippen LogP contribution in [-0.2, 0) is 0 Å². The van der Waals surface area contributed by atoms with Crippen molar-refractivity contribution in [2.75, 3.05) is 18.0 Å². The predicted octanol–water partition coefficient (Wildman–Crippen LogP) is 4.61. The van der Waals surface area contributed by atoms with Crippen molar-refractivity contribution in [1.82, 2.24) is 19.5 Å². The summed E-state index contributed by atoms with van der Waals surface area (Å²) in [7, 11) is 0. The largest absolute Gasteiger partial charge is 0.390 e. The first-order valence-electron chi connectivity index (χ1n) is 10.7. The third-order valence-electron chi connectivity index (χ3n) is 7.24. The number of hydrogen-bond acceptors (Lipinski definition) is 6. The average Bonchev–Trinajstić information content (AvgIpc) is 3.48. The van der Waals surface area contributed by atoms with Gasteiger partial charge < -0.3 is 19.7 Å². The van der Waals surface area contributed by atoms with Crippen molar-refractivity contribution in [3.8, 4) is 0 Å². The second kappa shape index (κ2) is 7.78. The molecule has 33 heavy (non-hydrogen) atoms. The van der Waals surface area contributed by atoms with Crippen LogP contribution in [0.4, 0.5) is 5.69 Å². The number of benzene rings is 1. The highest BCUT2D eigenvalue weighted by Gasteiger charge is 2.56. The Morgan fingerprint density at radius 3 is 2.79 bits per heavy atom. The molecule has 4 atom stereocenters. The second-order valence-corrected chi connectivity index (χ2v) is 10.6. The van der Waals surface area contributed by atoms with Gasteiger partial charge in [0.2, 0.25) is 0 Å². The van der Waals surface area contributed by atoms with E-state index in [1.165, 1.54) is 6.33 Å². The minimum atomic E-state index is -0.899. The van der Waals surface area contributed by atoms with Gasteiger partial charge in [0, 0.05) is 35.8 Å². The molecule has 4 heterocycles. The monoisotopic (exact) mass is 547 g/mol. The number of aliphatic hydroxyl groups excluding tert-OH is 2. The van der Waals surface area contributed by atoms with Crippen LogP contribution in [0.1, 0.15) is 18.9 Å². The molecule has 0 amide bonds. The summed E-state index contributed by atoms with van der Waals surface area (Å²) in [4.78, 5) is 15.1. The van der Waals surface area contributed by atoms with Crippen LogP contribution in [0.3, 0.4) is 0 Å². The minimum Gasteiger partial charge on any atom is -0.390 e. The van der Waals surface area contributed by atoms with Crippen molar-refractivity contribution in [2.45, 2.75) is 31.1 Å². The second-order valence-electron chi connectivity index (χ2n) is 9.00. The summed E-state index contributed by atoms with van der Waals surface area (Å²) in [5.74, 6) is 0. The Hall–Kier alpha value is -1.97. The maximum absolute atomic E-state index is 11.2. The summed E-state index contributed by atoms with van der Waals surface area (Å²) in [6, 6.07) is 9.64. The van der Waals surface area contributed by atoms with Gasteiger partial charge in [0.25, 0.3) is 0 Å². The molecule has 7 nitrogen and oxygen atoms in total. The number of fused-ring (bicyclic) bond motifs is 2. The van der Waals surface area contributed by atoms with Crippen LogP contribution in [0.25, 0.3) is 21.9 Å². The van der Waals surface area contributed by atoms with Gasteiger partial charge in [-0.3, -0.25) is 0 Å². The van der Waals surface area contributed by atoms with Gasteiger partial charge in [-0.15, -0.1) is 0 Å². The fourth-order valence-electron chi connectivity index (χ4n) is 5.53. The molecule has 2 aliphatic rings. The fourth-order valence-corrected chi connectivity index (χ4v) is 6.20. The smallest absolute Gasteiger partial charge is 0.145 e. The van der Waals surface area contributed by atoms with Crippen LogP contribution in [0.2, 0.25) is 10.3 Å². The summed E-state index contributed by atoms with van der Waals surface area (Å²) in [6.45, 7) is 1.43. The molecule has 170 valence electrons. The van der Waals surface area contributed by atoms with E-state index in [4.69, 9.17) is 23.2 Å². The zero-order chi connectivity index (χ0) is 22.9. The van der Waals surface area contributed by atoms with Crippen LogP contribution in [-0.4, -0.2) is 55.0 Å². The molecule has 1 aliphatic heterocycles. The van der Waals surface area contributed by atoms with E-state index >= 15 is 0 Å². The number of hydrogen-bond donors (Lipinski definition) is 2. The van der Waals surface area contributed by atoms with E-state index in [9.17, 15) is 10.2 Å². The Kier molecular flexibility index (Phi) is 5.08. The highest BCUT2D eigenvalue weighted by Crippen LogP contribution is 2.51. The summed E-state index contributed by atoms with van der Waals surface area (Å²) < 4.78 is 2.69. The molecular formula is C23H20BrCl2N5O2. The zero-order valence-electron chi connectivity index (χ0n) is 17.4. The van der Waals surface area contributed by atoms with Crippen LogP contribution in [0.5, 0.6) is 0 Å². The van der Waals surface area contributed by atoms with E-state index in [0.717, 1.165) is 39.4 Å². The topological polar surface area (TPSA) is 87.3 Å². The molecule has 0 bridgehead atoms. The number of aliphatic hydroxyl groups is 2. The lowest BCUT2D eigenvalue weighted by atomic mass is 9.83. The molecule has 1 spiro atoms. The van der Waals surface area contributed by atoms with Gasteiger partial charge in [0.1, 0.15) is 28.4 Å². The average molecular weight is 549 g/mol. The molecule has 3 aromatic heterocycles. The summed E-state index contributed by atoms with van der Waals surface area (Å²) in [5, 5.41) is 24.8. The van der Waals surface area contributed by atoms with Gasteiger partial charge in [-0.05, 0) is 53.0 Å². The van der Waals surface area contributed by atoms with Crippen LogP contribution in [0, 0.1) is 5.41 Å². The van der Waals surface area contributed by atoms with Crippen molar-refractivity contribution in [1.29, 1.82) is 0 Å². The maximum Gasteiger partial charge on any atom is 0.145 e. The van der Waals surface area contributed by atoms with E-state index in [1.54, 1.807) is 0 Å². The number of anilines is 1. The zero-order valence-corrected chi connectivity index (χ0v) is 20.5. The lowest BCUT2D eigenvalue weighted by Crippen LogP contribution is -2.38. The number of aromatic nitrogens is 4. The highest BCUT2D eigenvalue weighted by molar-refractivity contribution is 9.10.